The lowest BCUT2D eigenvalue weighted by Crippen LogP contribution is -2.38. The van der Waals surface area contributed by atoms with Gasteiger partial charge >= 0.3 is 6.03 Å². The van der Waals surface area contributed by atoms with Gasteiger partial charge in [-0.1, -0.05) is 0 Å². The van der Waals surface area contributed by atoms with Gasteiger partial charge in [0.2, 0.25) is 20.9 Å². The number of nitrogen functional groups attached to an aromatic ring is 1. The minimum absolute atomic E-state index is 0.377. The van der Waals surface area contributed by atoms with Crippen molar-refractivity contribution in [3.8, 4) is 0 Å². The second kappa shape index (κ2) is 4.81. The average Bonchev–Trinajstić information content (AvgIpc) is 2.70. The topological polar surface area (TPSA) is 161 Å². The van der Waals surface area contributed by atoms with Crippen LogP contribution in [0.25, 0.3) is 11.0 Å². The molecule has 10 heteroatoms. The number of amides is 3. The number of hydrogen-bond donors (Lipinski definition) is 4. The van der Waals surface area contributed by atoms with Gasteiger partial charge in [-0.05, 0) is 18.2 Å². The number of urea groups is 1. The van der Waals surface area contributed by atoms with E-state index in [2.05, 4.69) is 9.97 Å². The number of nitrogens with two attached hydrogens (primary N) is 2. The van der Waals surface area contributed by atoms with Gasteiger partial charge in [-0.2, -0.15) is 0 Å². The lowest BCUT2D eigenvalue weighted by molar-refractivity contribution is -0.117. The first-order valence-corrected chi connectivity index (χ1v) is 7.00. The van der Waals surface area contributed by atoms with Crippen molar-refractivity contribution in [2.24, 2.45) is 5.73 Å². The van der Waals surface area contributed by atoms with Crippen molar-refractivity contribution in [1.29, 1.82) is 0 Å². The maximum atomic E-state index is 11.9. The minimum atomic E-state index is -4.01. The Morgan fingerprint density at radius 1 is 1.35 bits per heavy atom. The Hall–Kier alpha value is -2.62. The molecule has 9 nitrogen and oxygen atoms in total. The Labute approximate surface area is 113 Å². The Morgan fingerprint density at radius 2 is 2.05 bits per heavy atom. The smallest absolute Gasteiger partial charge is 0.318 e. The average molecular weight is 297 g/mol. The summed E-state index contributed by atoms with van der Waals surface area (Å²) in [7, 11) is -4.01. The van der Waals surface area contributed by atoms with Crippen molar-refractivity contribution in [1.82, 2.24) is 15.3 Å². The monoisotopic (exact) mass is 297 g/mol. The summed E-state index contributed by atoms with van der Waals surface area (Å²) in [5.41, 5.74) is 11.6. The second-order valence-electron chi connectivity index (χ2n) is 3.99. The van der Waals surface area contributed by atoms with Crippen LogP contribution >= 0.6 is 0 Å². The van der Waals surface area contributed by atoms with Crippen LogP contribution in [0.1, 0.15) is 0 Å². The van der Waals surface area contributed by atoms with Crippen molar-refractivity contribution in [3.63, 3.8) is 0 Å². The number of carbonyl (C=O) groups is 2. The molecule has 20 heavy (non-hydrogen) atoms. The number of nitrogens with one attached hydrogen (secondary N) is 2. The van der Waals surface area contributed by atoms with E-state index in [1.54, 1.807) is 17.4 Å². The molecule has 1 heterocycles. The maximum Gasteiger partial charge on any atom is 0.318 e. The van der Waals surface area contributed by atoms with Crippen LogP contribution in [-0.4, -0.2) is 36.1 Å². The summed E-state index contributed by atoms with van der Waals surface area (Å²) in [5, 5.41) is 1.29. The van der Waals surface area contributed by atoms with E-state index in [-0.39, 0.29) is 5.16 Å². The molecule has 1 aromatic carbocycles. The van der Waals surface area contributed by atoms with Crippen LogP contribution in [0.15, 0.2) is 23.4 Å². The molecule has 0 saturated heterocycles. The molecule has 0 fully saturated rings. The fourth-order valence-electron chi connectivity index (χ4n) is 1.57. The molecule has 0 aliphatic carbocycles. The largest absolute Gasteiger partial charge is 0.399 e. The standard InChI is InChI=1S/C10H11N5O4S/c11-5-1-2-6-7(3-5)14-10(13-6)20(18,19)4-8(16)15-9(12)17/h1-3H,4,11H2,(H,13,14)(H3,12,15,16,17). The van der Waals surface area contributed by atoms with Crippen molar-refractivity contribution < 1.29 is 18.0 Å². The van der Waals surface area contributed by atoms with Gasteiger partial charge in [0.25, 0.3) is 0 Å². The Kier molecular flexibility index (Phi) is 3.32. The Morgan fingerprint density at radius 3 is 2.70 bits per heavy atom. The van der Waals surface area contributed by atoms with Crippen LogP contribution in [-0.2, 0) is 14.6 Å². The highest BCUT2D eigenvalue weighted by molar-refractivity contribution is 7.92. The van der Waals surface area contributed by atoms with Crippen molar-refractivity contribution in [2.45, 2.75) is 5.16 Å². The van der Waals surface area contributed by atoms with E-state index in [1.165, 1.54) is 6.07 Å². The van der Waals surface area contributed by atoms with Crippen LogP contribution in [0.4, 0.5) is 10.5 Å². The SMILES string of the molecule is NC(=O)NC(=O)CS(=O)(=O)c1nc2ccc(N)cc2[nH]1. The van der Waals surface area contributed by atoms with Crippen molar-refractivity contribution in [3.05, 3.63) is 18.2 Å². The van der Waals surface area contributed by atoms with Crippen molar-refractivity contribution in [2.75, 3.05) is 11.5 Å². The molecule has 2 rings (SSSR count). The number of imide groups is 1. The summed E-state index contributed by atoms with van der Waals surface area (Å²) in [5.74, 6) is -1.97. The summed E-state index contributed by atoms with van der Waals surface area (Å²) < 4.78 is 23.9. The summed E-state index contributed by atoms with van der Waals surface area (Å²) in [6.07, 6.45) is 0. The zero-order chi connectivity index (χ0) is 14.9. The van der Waals surface area contributed by atoms with Crippen LogP contribution in [0.2, 0.25) is 0 Å². The van der Waals surface area contributed by atoms with E-state index in [1.807, 2.05) is 0 Å². The molecule has 0 atom stereocenters. The fourth-order valence-corrected chi connectivity index (χ4v) is 2.62. The third kappa shape index (κ3) is 2.85. The number of anilines is 1. The number of fused-ring (bicyclic) bond motifs is 1. The number of rotatable bonds is 3. The zero-order valence-corrected chi connectivity index (χ0v) is 10.9. The first-order chi connectivity index (χ1) is 9.28. The number of aromatic nitrogens is 2. The molecular weight excluding hydrogens is 286 g/mol. The highest BCUT2D eigenvalue weighted by Crippen LogP contribution is 2.17. The number of sulfone groups is 1. The highest BCUT2D eigenvalue weighted by atomic mass is 32.2. The number of hydrogen-bond acceptors (Lipinski definition) is 6. The lowest BCUT2D eigenvalue weighted by Gasteiger charge is -2.00. The minimum Gasteiger partial charge on any atom is -0.399 e. The molecule has 0 spiro atoms. The van der Waals surface area contributed by atoms with E-state index >= 15 is 0 Å². The number of benzene rings is 1. The number of imidazole rings is 1. The van der Waals surface area contributed by atoms with Gasteiger partial charge in [-0.15, -0.1) is 0 Å². The molecule has 0 unspecified atom stereocenters. The predicted molar refractivity (Wildman–Crippen MR) is 70.3 cm³/mol. The van der Waals surface area contributed by atoms with E-state index in [4.69, 9.17) is 11.5 Å². The summed E-state index contributed by atoms with van der Waals surface area (Å²) in [4.78, 5) is 28.2. The highest BCUT2D eigenvalue weighted by Gasteiger charge is 2.23. The molecule has 0 bridgehead atoms. The molecule has 106 valence electrons. The van der Waals surface area contributed by atoms with Crippen molar-refractivity contribution >= 4 is 38.5 Å². The van der Waals surface area contributed by atoms with Gasteiger partial charge in [0.05, 0.1) is 11.0 Å². The van der Waals surface area contributed by atoms with Gasteiger partial charge in [0.15, 0.2) is 0 Å². The molecule has 0 radical (unpaired) electrons. The molecule has 3 amide bonds. The molecular formula is C10H11N5O4S. The van der Waals surface area contributed by atoms with Crippen LogP contribution < -0.4 is 16.8 Å². The zero-order valence-electron chi connectivity index (χ0n) is 10.1. The van der Waals surface area contributed by atoms with Crippen LogP contribution in [0.3, 0.4) is 0 Å². The first kappa shape index (κ1) is 13.8. The number of carbonyl (C=O) groups excluding carboxylic acids is 2. The summed E-state index contributed by atoms with van der Waals surface area (Å²) in [6, 6.07) is 3.51. The summed E-state index contributed by atoms with van der Waals surface area (Å²) >= 11 is 0. The Balaban J connectivity index is 2.32. The van der Waals surface area contributed by atoms with Gasteiger partial charge in [-0.3, -0.25) is 10.1 Å². The first-order valence-electron chi connectivity index (χ1n) is 5.35. The van der Waals surface area contributed by atoms with E-state index in [9.17, 15) is 18.0 Å². The van der Waals surface area contributed by atoms with Gasteiger partial charge < -0.3 is 16.5 Å². The molecule has 1 aromatic heterocycles. The quantitative estimate of drug-likeness (QED) is 0.537. The number of primary amides is 1. The summed E-state index contributed by atoms with van der Waals surface area (Å²) in [6.45, 7) is 0. The number of H-pyrrole nitrogens is 1. The fraction of sp³-hybridized carbons (Fsp3) is 0.100. The van der Waals surface area contributed by atoms with Gasteiger partial charge in [0, 0.05) is 5.69 Å². The van der Waals surface area contributed by atoms with Crippen LogP contribution in [0.5, 0.6) is 0 Å². The third-order valence-electron chi connectivity index (χ3n) is 2.36. The second-order valence-corrected chi connectivity index (χ2v) is 5.89. The van der Waals surface area contributed by atoms with Gasteiger partial charge in [0.1, 0.15) is 5.75 Å². The van der Waals surface area contributed by atoms with Gasteiger partial charge in [-0.25, -0.2) is 18.2 Å². The van der Waals surface area contributed by atoms with Crippen LogP contribution in [0, 0.1) is 0 Å². The predicted octanol–water partition coefficient (Wildman–Crippen LogP) is -0.886. The van der Waals surface area contributed by atoms with E-state index in [0.29, 0.717) is 16.7 Å². The third-order valence-corrected chi connectivity index (χ3v) is 3.79. The molecule has 6 N–H and O–H groups in total. The number of nitrogens with zero attached hydrogens (tertiary/aromatic N) is 1. The van der Waals surface area contributed by atoms with E-state index in [0.717, 1.165) is 0 Å². The molecule has 0 aliphatic rings. The Bertz CT molecular complexity index is 795. The number of aromatic amines is 1. The maximum absolute atomic E-state index is 11.9. The normalized spacial score (nSPS) is 11.4. The van der Waals surface area contributed by atoms with E-state index < -0.39 is 27.5 Å². The lowest BCUT2D eigenvalue weighted by atomic mass is 10.3. The molecule has 0 aliphatic heterocycles. The molecule has 2 aromatic rings. The molecule has 0 saturated carbocycles.